The maximum Gasteiger partial charge on any atom is 0.0795 e. The number of rotatable bonds is 5. The lowest BCUT2D eigenvalue weighted by Crippen LogP contribution is -2.57. The van der Waals surface area contributed by atoms with Crippen LogP contribution in [-0.4, -0.2) is 60.1 Å². The average molecular weight is 282 g/mol. The third-order valence-electron chi connectivity index (χ3n) is 4.10. The Morgan fingerprint density at radius 1 is 1.37 bits per heavy atom. The Hall–Kier alpha value is -0.490. The molecule has 1 unspecified atom stereocenters. The maximum atomic E-state index is 4.38. The van der Waals surface area contributed by atoms with Gasteiger partial charge in [-0.25, -0.2) is 4.98 Å². The molecular weight excluding hydrogens is 256 g/mol. The van der Waals surface area contributed by atoms with Gasteiger partial charge in [0.1, 0.15) is 0 Å². The fraction of sp³-hybridized carbons (Fsp3) is 0.786. The van der Waals surface area contributed by atoms with E-state index in [9.17, 15) is 0 Å². The Balaban J connectivity index is 1.83. The summed E-state index contributed by atoms with van der Waals surface area (Å²) in [6.07, 6.45) is 0. The van der Waals surface area contributed by atoms with Crippen molar-refractivity contribution < 1.29 is 0 Å². The van der Waals surface area contributed by atoms with Gasteiger partial charge in [-0.15, -0.1) is 11.3 Å². The minimum absolute atomic E-state index is 0.200. The molecule has 1 saturated heterocycles. The topological polar surface area (TPSA) is 31.4 Å². The smallest absolute Gasteiger partial charge is 0.0795 e. The molecule has 1 aliphatic rings. The van der Waals surface area contributed by atoms with Gasteiger partial charge in [-0.1, -0.05) is 0 Å². The Bertz CT molecular complexity index is 369. The summed E-state index contributed by atoms with van der Waals surface area (Å²) in [5, 5.41) is 5.75. The van der Waals surface area contributed by atoms with Crippen molar-refractivity contribution in [3.05, 3.63) is 16.6 Å². The molecule has 0 amide bonds. The zero-order valence-corrected chi connectivity index (χ0v) is 13.3. The summed E-state index contributed by atoms with van der Waals surface area (Å²) in [6, 6.07) is 0.331. The van der Waals surface area contributed by atoms with Crippen molar-refractivity contribution in [3.8, 4) is 0 Å². The number of hydrogen-bond acceptors (Lipinski definition) is 5. The molecule has 1 aliphatic heterocycles. The van der Waals surface area contributed by atoms with Crippen LogP contribution in [0.3, 0.4) is 0 Å². The molecule has 19 heavy (non-hydrogen) atoms. The normalized spacial score (nSPS) is 20.6. The van der Waals surface area contributed by atoms with Crippen LogP contribution in [-0.2, 0) is 0 Å². The summed E-state index contributed by atoms with van der Waals surface area (Å²) < 4.78 is 0. The van der Waals surface area contributed by atoms with Crippen LogP contribution in [0.1, 0.15) is 32.5 Å². The molecule has 5 heteroatoms. The second kappa shape index (κ2) is 6.31. The van der Waals surface area contributed by atoms with Crippen LogP contribution >= 0.6 is 11.3 Å². The first-order valence-electron chi connectivity index (χ1n) is 7.04. The monoisotopic (exact) mass is 282 g/mol. The highest BCUT2D eigenvalue weighted by Crippen LogP contribution is 2.18. The van der Waals surface area contributed by atoms with Crippen molar-refractivity contribution in [1.29, 1.82) is 0 Å². The lowest BCUT2D eigenvalue weighted by Gasteiger charge is -2.43. The van der Waals surface area contributed by atoms with Crippen LogP contribution in [0.5, 0.6) is 0 Å². The largest absolute Gasteiger partial charge is 0.307 e. The molecule has 0 saturated carbocycles. The minimum atomic E-state index is 0.200. The Morgan fingerprint density at radius 3 is 2.63 bits per heavy atom. The van der Waals surface area contributed by atoms with Crippen molar-refractivity contribution in [2.24, 2.45) is 0 Å². The molecular formula is C14H26N4S. The van der Waals surface area contributed by atoms with Gasteiger partial charge >= 0.3 is 0 Å². The Kier molecular flexibility index (Phi) is 4.95. The summed E-state index contributed by atoms with van der Waals surface area (Å²) in [4.78, 5) is 9.37. The molecule has 1 atom stereocenters. The van der Waals surface area contributed by atoms with Gasteiger partial charge in [0.2, 0.25) is 0 Å². The highest BCUT2D eigenvalue weighted by Gasteiger charge is 2.29. The van der Waals surface area contributed by atoms with E-state index in [-0.39, 0.29) is 5.54 Å². The number of nitrogens with one attached hydrogen (secondary N) is 1. The van der Waals surface area contributed by atoms with E-state index in [2.05, 4.69) is 53.3 Å². The zero-order chi connectivity index (χ0) is 13.9. The first-order chi connectivity index (χ1) is 8.99. The minimum Gasteiger partial charge on any atom is -0.307 e. The second-order valence-electron chi connectivity index (χ2n) is 6.12. The molecule has 2 rings (SSSR count). The number of piperazine rings is 1. The van der Waals surface area contributed by atoms with Gasteiger partial charge in [0.25, 0.3) is 0 Å². The molecule has 4 nitrogen and oxygen atoms in total. The first-order valence-corrected chi connectivity index (χ1v) is 7.98. The SMILES string of the molecule is CC(NCC(C)(C)N1CCN(C)CC1)c1cscn1. The van der Waals surface area contributed by atoms with Crippen molar-refractivity contribution >= 4 is 11.3 Å². The Morgan fingerprint density at radius 2 is 2.05 bits per heavy atom. The molecule has 1 aromatic heterocycles. The molecule has 108 valence electrons. The van der Waals surface area contributed by atoms with Gasteiger partial charge < -0.3 is 10.2 Å². The number of aromatic nitrogens is 1. The molecule has 0 aromatic carbocycles. The predicted octanol–water partition coefficient (Wildman–Crippen LogP) is 1.82. The van der Waals surface area contributed by atoms with Gasteiger partial charge in [-0.05, 0) is 27.8 Å². The molecule has 1 aromatic rings. The van der Waals surface area contributed by atoms with Gasteiger partial charge in [-0.3, -0.25) is 4.90 Å². The van der Waals surface area contributed by atoms with Gasteiger partial charge in [0.15, 0.2) is 0 Å². The van der Waals surface area contributed by atoms with Crippen LogP contribution in [0, 0.1) is 0 Å². The Labute approximate surface area is 120 Å². The summed E-state index contributed by atoms with van der Waals surface area (Å²) in [6.45, 7) is 12.5. The molecule has 0 aliphatic carbocycles. The molecule has 1 N–H and O–H groups in total. The lowest BCUT2D eigenvalue weighted by atomic mass is 10.0. The van der Waals surface area contributed by atoms with Crippen LogP contribution in [0.25, 0.3) is 0 Å². The summed E-state index contributed by atoms with van der Waals surface area (Å²) in [5.74, 6) is 0. The zero-order valence-electron chi connectivity index (χ0n) is 12.5. The van der Waals surface area contributed by atoms with Gasteiger partial charge in [0, 0.05) is 49.7 Å². The van der Waals surface area contributed by atoms with E-state index in [4.69, 9.17) is 0 Å². The first kappa shape index (κ1) is 14.9. The van der Waals surface area contributed by atoms with E-state index >= 15 is 0 Å². The van der Waals surface area contributed by atoms with Crippen molar-refractivity contribution in [2.75, 3.05) is 39.8 Å². The van der Waals surface area contributed by atoms with E-state index in [1.807, 2.05) is 5.51 Å². The number of nitrogens with zero attached hydrogens (tertiary/aromatic N) is 3. The highest BCUT2D eigenvalue weighted by atomic mass is 32.1. The number of hydrogen-bond donors (Lipinski definition) is 1. The average Bonchev–Trinajstić information content (AvgIpc) is 2.90. The quantitative estimate of drug-likeness (QED) is 0.893. The van der Waals surface area contributed by atoms with E-state index in [0.717, 1.165) is 25.3 Å². The fourth-order valence-electron chi connectivity index (χ4n) is 2.47. The molecule has 0 bridgehead atoms. The van der Waals surface area contributed by atoms with Gasteiger partial charge in [-0.2, -0.15) is 0 Å². The highest BCUT2D eigenvalue weighted by molar-refractivity contribution is 7.07. The van der Waals surface area contributed by atoms with E-state index in [0.29, 0.717) is 6.04 Å². The number of likely N-dealkylation sites (N-methyl/N-ethyl adjacent to an activating group) is 1. The van der Waals surface area contributed by atoms with Crippen molar-refractivity contribution in [2.45, 2.75) is 32.4 Å². The third kappa shape index (κ3) is 3.99. The molecule has 2 heterocycles. The van der Waals surface area contributed by atoms with Crippen LogP contribution in [0.2, 0.25) is 0 Å². The van der Waals surface area contributed by atoms with Crippen LogP contribution in [0.4, 0.5) is 0 Å². The van der Waals surface area contributed by atoms with Crippen LogP contribution in [0.15, 0.2) is 10.9 Å². The molecule has 0 spiro atoms. The maximum absolute atomic E-state index is 4.38. The van der Waals surface area contributed by atoms with E-state index < -0.39 is 0 Å². The number of thiazole rings is 1. The standard InChI is InChI=1S/C14H26N4S/c1-12(13-9-19-11-16-13)15-10-14(2,3)18-7-5-17(4)6-8-18/h9,11-12,15H,5-8,10H2,1-4H3. The summed E-state index contributed by atoms with van der Waals surface area (Å²) in [7, 11) is 2.20. The van der Waals surface area contributed by atoms with E-state index in [1.54, 1.807) is 11.3 Å². The van der Waals surface area contributed by atoms with Crippen LogP contribution < -0.4 is 5.32 Å². The van der Waals surface area contributed by atoms with Crippen molar-refractivity contribution in [1.82, 2.24) is 20.1 Å². The predicted molar refractivity (Wildman–Crippen MR) is 81.7 cm³/mol. The molecule has 1 fully saturated rings. The van der Waals surface area contributed by atoms with Crippen molar-refractivity contribution in [3.63, 3.8) is 0 Å². The fourth-order valence-corrected chi connectivity index (χ4v) is 3.11. The third-order valence-corrected chi connectivity index (χ3v) is 4.70. The summed E-state index contributed by atoms with van der Waals surface area (Å²) in [5.41, 5.74) is 3.25. The van der Waals surface area contributed by atoms with Gasteiger partial charge in [0.05, 0.1) is 11.2 Å². The summed E-state index contributed by atoms with van der Waals surface area (Å²) >= 11 is 1.66. The molecule has 0 radical (unpaired) electrons. The second-order valence-corrected chi connectivity index (χ2v) is 6.84. The van der Waals surface area contributed by atoms with E-state index in [1.165, 1.54) is 13.1 Å². The lowest BCUT2D eigenvalue weighted by molar-refractivity contribution is 0.0604.